The van der Waals surface area contributed by atoms with Crippen molar-refractivity contribution >= 4 is 0 Å². The molecule has 0 radical (unpaired) electrons. The summed E-state index contributed by atoms with van der Waals surface area (Å²) in [6.45, 7) is -0.497. The number of rotatable bonds is 5. The molecule has 1 saturated carbocycles. The number of aliphatic hydroxyl groups is 5. The van der Waals surface area contributed by atoms with Gasteiger partial charge in [-0.25, -0.2) is 0 Å². The van der Waals surface area contributed by atoms with Crippen LogP contribution in [0.5, 0.6) is 0 Å². The predicted octanol–water partition coefficient (Wildman–Crippen LogP) is 1.82. The molecule has 0 aromatic heterocycles. The smallest absolute Gasteiger partial charge is 0.113 e. The average Bonchev–Trinajstić information content (AvgIpc) is 2.84. The predicted molar refractivity (Wildman–Crippen MR) is 120 cm³/mol. The highest BCUT2D eigenvalue weighted by Crippen LogP contribution is 2.37. The van der Waals surface area contributed by atoms with Crippen LogP contribution in [-0.2, 0) is 16.8 Å². The molecule has 7 heteroatoms. The molecule has 4 rings (SSSR count). The summed E-state index contributed by atoms with van der Waals surface area (Å²) in [5.41, 5.74) is 2.89. The second kappa shape index (κ2) is 9.90. The molecule has 2 aromatic rings. The quantitative estimate of drug-likeness (QED) is 0.466. The Balaban J connectivity index is 1.57. The highest BCUT2D eigenvalue weighted by atomic mass is 16.5. The van der Waals surface area contributed by atoms with Gasteiger partial charge < -0.3 is 30.3 Å². The zero-order chi connectivity index (χ0) is 23.6. The van der Waals surface area contributed by atoms with Crippen LogP contribution in [0.4, 0.5) is 0 Å². The Morgan fingerprint density at radius 1 is 0.939 bits per heavy atom. The van der Waals surface area contributed by atoms with Gasteiger partial charge in [-0.1, -0.05) is 55.7 Å². The molecule has 3 unspecified atom stereocenters. The molecule has 7 nitrogen and oxygen atoms in total. The number of aliphatic hydroxyl groups excluding tert-OH is 4. The fourth-order valence-corrected chi connectivity index (χ4v) is 5.00. The molecule has 0 amide bonds. The molecular weight excluding hydrogens is 422 g/mol. The number of hydrogen-bond acceptors (Lipinski definition) is 7. The first-order valence-corrected chi connectivity index (χ1v) is 11.5. The molecule has 1 aliphatic carbocycles. The lowest BCUT2D eigenvalue weighted by molar-refractivity contribution is -0.231. The number of nitrogens with zero attached hydrogens (tertiary/aromatic N) is 1. The summed E-state index contributed by atoms with van der Waals surface area (Å²) in [4.78, 5) is 0. The van der Waals surface area contributed by atoms with E-state index in [9.17, 15) is 30.8 Å². The van der Waals surface area contributed by atoms with Crippen LogP contribution in [-0.4, -0.2) is 56.6 Å². The molecule has 2 fully saturated rings. The van der Waals surface area contributed by atoms with Gasteiger partial charge >= 0.3 is 0 Å². The lowest BCUT2D eigenvalue weighted by Crippen LogP contribution is -2.55. The Bertz CT molecular complexity index is 993. The fraction of sp³-hybridized carbons (Fsp3) is 0.500. The molecule has 176 valence electrons. The third-order valence-electron chi connectivity index (χ3n) is 7.04. The van der Waals surface area contributed by atoms with E-state index in [-0.39, 0.29) is 0 Å². The second-order valence-corrected chi connectivity index (χ2v) is 9.24. The molecule has 0 spiro atoms. The van der Waals surface area contributed by atoms with Crippen LogP contribution in [0.1, 0.15) is 66.0 Å². The summed E-state index contributed by atoms with van der Waals surface area (Å²) < 4.78 is 5.67. The summed E-state index contributed by atoms with van der Waals surface area (Å²) in [6, 6.07) is 15.1. The maximum atomic E-state index is 11.0. The van der Waals surface area contributed by atoms with E-state index in [1.807, 2.05) is 24.3 Å². The van der Waals surface area contributed by atoms with Crippen LogP contribution in [0, 0.1) is 11.3 Å². The van der Waals surface area contributed by atoms with Gasteiger partial charge in [-0.05, 0) is 47.6 Å². The van der Waals surface area contributed by atoms with E-state index in [4.69, 9.17) is 4.74 Å². The van der Waals surface area contributed by atoms with Crippen LogP contribution in [0.2, 0.25) is 0 Å². The van der Waals surface area contributed by atoms with Crippen molar-refractivity contribution in [3.8, 4) is 6.07 Å². The van der Waals surface area contributed by atoms with Crippen molar-refractivity contribution in [2.45, 2.75) is 74.6 Å². The molecule has 5 N–H and O–H groups in total. The molecule has 1 saturated heterocycles. The van der Waals surface area contributed by atoms with Crippen LogP contribution in [0.15, 0.2) is 42.5 Å². The zero-order valence-corrected chi connectivity index (χ0v) is 18.5. The highest BCUT2D eigenvalue weighted by molar-refractivity contribution is 5.44. The second-order valence-electron chi connectivity index (χ2n) is 9.24. The van der Waals surface area contributed by atoms with Crippen molar-refractivity contribution in [3.63, 3.8) is 0 Å². The van der Waals surface area contributed by atoms with Crippen molar-refractivity contribution in [1.82, 2.24) is 0 Å². The molecule has 5 atom stereocenters. The molecule has 1 aliphatic heterocycles. The largest absolute Gasteiger partial charge is 0.394 e. The van der Waals surface area contributed by atoms with Gasteiger partial charge in [0, 0.05) is 0 Å². The van der Waals surface area contributed by atoms with Gasteiger partial charge in [0.25, 0.3) is 0 Å². The van der Waals surface area contributed by atoms with E-state index in [1.54, 1.807) is 18.2 Å². The van der Waals surface area contributed by atoms with E-state index in [0.717, 1.165) is 48.8 Å². The van der Waals surface area contributed by atoms with E-state index < -0.39 is 42.7 Å². The molecule has 2 aromatic carbocycles. The van der Waals surface area contributed by atoms with Gasteiger partial charge in [0.05, 0.1) is 23.8 Å². The third-order valence-corrected chi connectivity index (χ3v) is 7.04. The maximum absolute atomic E-state index is 11.0. The Labute approximate surface area is 193 Å². The minimum atomic E-state index is -1.46. The third kappa shape index (κ3) is 4.82. The number of nitriles is 1. The van der Waals surface area contributed by atoms with Crippen LogP contribution in [0.3, 0.4) is 0 Å². The summed E-state index contributed by atoms with van der Waals surface area (Å²) in [6.07, 6.45) is -0.995. The van der Waals surface area contributed by atoms with Gasteiger partial charge in [-0.15, -0.1) is 0 Å². The highest BCUT2D eigenvalue weighted by Gasteiger charge is 2.44. The molecule has 2 aliphatic rings. The van der Waals surface area contributed by atoms with Gasteiger partial charge in [-0.3, -0.25) is 0 Å². The molecule has 1 heterocycles. The van der Waals surface area contributed by atoms with Crippen molar-refractivity contribution < 1.29 is 30.3 Å². The van der Waals surface area contributed by atoms with Gasteiger partial charge in [-0.2, -0.15) is 5.26 Å². The lowest BCUT2D eigenvalue weighted by atomic mass is 9.79. The Hall–Kier alpha value is -2.31. The first kappa shape index (κ1) is 23.8. The van der Waals surface area contributed by atoms with Crippen molar-refractivity contribution in [1.29, 1.82) is 5.26 Å². The number of benzene rings is 2. The Morgan fingerprint density at radius 3 is 2.27 bits per heavy atom. The minimum Gasteiger partial charge on any atom is -0.394 e. The van der Waals surface area contributed by atoms with Gasteiger partial charge in [0.1, 0.15) is 30.5 Å². The van der Waals surface area contributed by atoms with E-state index >= 15 is 0 Å². The van der Waals surface area contributed by atoms with Gasteiger partial charge in [0.15, 0.2) is 0 Å². The standard InChI is InChI=1S/C26H31NO6/c27-14-18-7-6-17(25-24(31)23(30)22(29)21(15-28)33-25)13-19(18)12-16-4-8-20(9-5-16)26(32)10-2-1-3-11-26/h4-9,13,21-25,28-32H,1-3,10-12,15H2/t21-,22?,23?,24?,25+/m1/s1. The monoisotopic (exact) mass is 453 g/mol. The molecule has 33 heavy (non-hydrogen) atoms. The summed E-state index contributed by atoms with van der Waals surface area (Å²) >= 11 is 0. The Morgan fingerprint density at radius 2 is 1.64 bits per heavy atom. The number of hydrogen-bond donors (Lipinski definition) is 5. The van der Waals surface area contributed by atoms with E-state index in [0.29, 0.717) is 17.5 Å². The Kier molecular flexibility index (Phi) is 7.15. The first-order valence-electron chi connectivity index (χ1n) is 11.5. The topological polar surface area (TPSA) is 134 Å². The first-order chi connectivity index (χ1) is 15.9. The fourth-order valence-electron chi connectivity index (χ4n) is 5.00. The molecular formula is C26H31NO6. The van der Waals surface area contributed by atoms with E-state index in [1.165, 1.54) is 0 Å². The normalized spacial score (nSPS) is 29.4. The average molecular weight is 454 g/mol. The van der Waals surface area contributed by atoms with Gasteiger partial charge in [0.2, 0.25) is 0 Å². The van der Waals surface area contributed by atoms with E-state index in [2.05, 4.69) is 6.07 Å². The summed E-state index contributed by atoms with van der Waals surface area (Å²) in [7, 11) is 0. The van der Waals surface area contributed by atoms with Crippen LogP contribution < -0.4 is 0 Å². The lowest BCUT2D eigenvalue weighted by Gasteiger charge is -2.40. The minimum absolute atomic E-state index is 0.465. The van der Waals surface area contributed by atoms with Crippen LogP contribution >= 0.6 is 0 Å². The zero-order valence-electron chi connectivity index (χ0n) is 18.5. The van der Waals surface area contributed by atoms with Crippen molar-refractivity contribution in [2.75, 3.05) is 6.61 Å². The SMILES string of the molecule is N#Cc1ccc([C@@H]2O[C@H](CO)C(O)C(O)C2O)cc1Cc1ccc(C2(O)CCCCC2)cc1. The molecule has 0 bridgehead atoms. The summed E-state index contributed by atoms with van der Waals surface area (Å²) in [5, 5.41) is 60.6. The maximum Gasteiger partial charge on any atom is 0.113 e. The van der Waals surface area contributed by atoms with Crippen LogP contribution in [0.25, 0.3) is 0 Å². The number of ether oxygens (including phenoxy) is 1. The van der Waals surface area contributed by atoms with Crippen molar-refractivity contribution in [3.05, 3.63) is 70.3 Å². The van der Waals surface area contributed by atoms with Crippen molar-refractivity contribution in [2.24, 2.45) is 0 Å². The summed E-state index contributed by atoms with van der Waals surface area (Å²) in [5.74, 6) is 0.